The Morgan fingerprint density at radius 2 is 1.68 bits per heavy atom. The zero-order valence-corrected chi connectivity index (χ0v) is 18.2. The van der Waals surface area contributed by atoms with Gasteiger partial charge in [-0.15, -0.1) is 0 Å². The second kappa shape index (κ2) is 7.76. The Labute approximate surface area is 189 Å². The Morgan fingerprint density at radius 3 is 2.39 bits per heavy atom. The van der Waals surface area contributed by atoms with Crippen molar-refractivity contribution in [3.05, 3.63) is 105 Å². The molecule has 2 heterocycles. The molecule has 0 unspecified atom stereocenters. The molecule has 0 amide bonds. The summed E-state index contributed by atoms with van der Waals surface area (Å²) in [6.45, 7) is 0. The monoisotopic (exact) mass is 494 g/mol. The molecule has 0 aliphatic rings. The molecule has 0 atom stereocenters. The predicted molar refractivity (Wildman–Crippen MR) is 123 cm³/mol. The van der Waals surface area contributed by atoms with Crippen LogP contribution in [0.25, 0.3) is 33.8 Å². The molecular formula is C23H13BrClFN4O. The Balaban J connectivity index is 1.86. The Hall–Kier alpha value is -3.29. The van der Waals surface area contributed by atoms with Crippen LogP contribution in [0.2, 0.25) is 5.02 Å². The van der Waals surface area contributed by atoms with Gasteiger partial charge in [0.25, 0.3) is 5.56 Å². The first kappa shape index (κ1) is 19.7. The normalized spacial score (nSPS) is 11.2. The minimum atomic E-state index is -0.453. The Bertz CT molecular complexity index is 1480. The summed E-state index contributed by atoms with van der Waals surface area (Å²) in [6, 6.07) is 20.8. The number of nitrogens with zero attached hydrogens (tertiary/aromatic N) is 4. The van der Waals surface area contributed by atoms with Gasteiger partial charge in [-0.2, -0.15) is 5.10 Å². The van der Waals surface area contributed by atoms with Crippen LogP contribution in [0.5, 0.6) is 0 Å². The summed E-state index contributed by atoms with van der Waals surface area (Å²) in [6.07, 6.45) is 1.50. The molecule has 2 aromatic heterocycles. The van der Waals surface area contributed by atoms with Gasteiger partial charge in [-0.05, 0) is 70.5 Å². The molecule has 8 heteroatoms. The Kier molecular flexibility index (Phi) is 4.92. The van der Waals surface area contributed by atoms with Crippen LogP contribution in [0.3, 0.4) is 0 Å². The van der Waals surface area contributed by atoms with Gasteiger partial charge in [0.1, 0.15) is 17.0 Å². The van der Waals surface area contributed by atoms with Crippen molar-refractivity contribution in [1.29, 1.82) is 0 Å². The summed E-state index contributed by atoms with van der Waals surface area (Å²) < 4.78 is 17.7. The smallest absolute Gasteiger partial charge is 0.268 e. The number of benzene rings is 3. The first-order valence-electron chi connectivity index (χ1n) is 9.30. The quantitative estimate of drug-likeness (QED) is 0.318. The van der Waals surface area contributed by atoms with E-state index in [1.165, 1.54) is 16.8 Å². The first-order valence-corrected chi connectivity index (χ1v) is 10.5. The molecule has 0 aliphatic heterocycles. The molecule has 0 radical (unpaired) electrons. The van der Waals surface area contributed by atoms with Crippen LogP contribution in [-0.4, -0.2) is 19.3 Å². The van der Waals surface area contributed by atoms with E-state index in [2.05, 4.69) is 21.0 Å². The van der Waals surface area contributed by atoms with Gasteiger partial charge in [0.05, 0.1) is 22.0 Å². The second-order valence-electron chi connectivity index (χ2n) is 6.81. The standard InChI is InChI=1S/C23H13BrClFN4O/c24-19-11-6-14(12-20(19)26)21-28-22-18(13-27-30(22)17-4-2-1-3-5-17)23(31)29(21)16-9-7-15(25)8-10-16/h1-13H. The number of hydrogen-bond donors (Lipinski definition) is 0. The lowest BCUT2D eigenvalue weighted by Gasteiger charge is -2.14. The fraction of sp³-hybridized carbons (Fsp3) is 0. The number of para-hydroxylation sites is 1. The molecule has 0 bridgehead atoms. The van der Waals surface area contributed by atoms with Gasteiger partial charge in [0.15, 0.2) is 5.65 Å². The topological polar surface area (TPSA) is 52.7 Å². The average molecular weight is 496 g/mol. The molecule has 5 rings (SSSR count). The first-order chi connectivity index (χ1) is 15.0. The average Bonchev–Trinajstić information content (AvgIpc) is 3.21. The molecule has 152 valence electrons. The van der Waals surface area contributed by atoms with Crippen molar-refractivity contribution in [3.63, 3.8) is 0 Å². The molecule has 3 aromatic carbocycles. The third-order valence-corrected chi connectivity index (χ3v) is 5.76. The maximum Gasteiger partial charge on any atom is 0.269 e. The largest absolute Gasteiger partial charge is 0.269 e. The third-order valence-electron chi connectivity index (χ3n) is 4.86. The zero-order valence-electron chi connectivity index (χ0n) is 15.8. The van der Waals surface area contributed by atoms with Crippen molar-refractivity contribution >= 4 is 38.6 Å². The van der Waals surface area contributed by atoms with Crippen molar-refractivity contribution in [1.82, 2.24) is 19.3 Å². The summed E-state index contributed by atoms with van der Waals surface area (Å²) in [5, 5.41) is 5.27. The van der Waals surface area contributed by atoms with Crippen molar-refractivity contribution < 1.29 is 4.39 Å². The lowest BCUT2D eigenvalue weighted by molar-refractivity contribution is 0.621. The second-order valence-corrected chi connectivity index (χ2v) is 8.10. The van der Waals surface area contributed by atoms with Crippen molar-refractivity contribution in [2.24, 2.45) is 0 Å². The number of halogens is 3. The van der Waals surface area contributed by atoms with E-state index in [0.717, 1.165) is 5.69 Å². The SMILES string of the molecule is O=c1c2cnn(-c3ccccc3)c2nc(-c2ccc(Br)c(F)c2)n1-c1ccc(Cl)cc1. The highest BCUT2D eigenvalue weighted by Gasteiger charge is 2.19. The van der Waals surface area contributed by atoms with Crippen LogP contribution in [-0.2, 0) is 0 Å². The van der Waals surface area contributed by atoms with Crippen molar-refractivity contribution in [2.75, 3.05) is 0 Å². The molecule has 0 N–H and O–H groups in total. The van der Waals surface area contributed by atoms with E-state index in [0.29, 0.717) is 37.6 Å². The van der Waals surface area contributed by atoms with E-state index in [-0.39, 0.29) is 5.56 Å². The van der Waals surface area contributed by atoms with E-state index < -0.39 is 5.82 Å². The van der Waals surface area contributed by atoms with Crippen molar-refractivity contribution in [2.45, 2.75) is 0 Å². The highest BCUT2D eigenvalue weighted by Crippen LogP contribution is 2.27. The van der Waals surface area contributed by atoms with E-state index >= 15 is 0 Å². The molecule has 0 aliphatic carbocycles. The van der Waals surface area contributed by atoms with Crippen LogP contribution < -0.4 is 5.56 Å². The van der Waals surface area contributed by atoms with Crippen LogP contribution >= 0.6 is 27.5 Å². The molecule has 5 aromatic rings. The maximum absolute atomic E-state index is 14.4. The number of rotatable bonds is 3. The van der Waals surface area contributed by atoms with Gasteiger partial charge in [-0.3, -0.25) is 9.36 Å². The van der Waals surface area contributed by atoms with E-state index in [1.807, 2.05) is 30.3 Å². The van der Waals surface area contributed by atoms with E-state index in [1.54, 1.807) is 41.1 Å². The summed E-state index contributed by atoms with van der Waals surface area (Å²) >= 11 is 9.20. The number of fused-ring (bicyclic) bond motifs is 1. The summed E-state index contributed by atoms with van der Waals surface area (Å²) in [7, 11) is 0. The number of hydrogen-bond acceptors (Lipinski definition) is 3. The molecule has 5 nitrogen and oxygen atoms in total. The van der Waals surface area contributed by atoms with Gasteiger partial charge in [-0.25, -0.2) is 14.1 Å². The maximum atomic E-state index is 14.4. The molecule has 0 saturated heterocycles. The van der Waals surface area contributed by atoms with Gasteiger partial charge in [0.2, 0.25) is 0 Å². The molecular weight excluding hydrogens is 483 g/mol. The Morgan fingerprint density at radius 1 is 0.935 bits per heavy atom. The molecule has 31 heavy (non-hydrogen) atoms. The third kappa shape index (κ3) is 3.45. The van der Waals surface area contributed by atoms with Crippen LogP contribution in [0, 0.1) is 5.82 Å². The fourth-order valence-corrected chi connectivity index (χ4v) is 3.76. The highest BCUT2D eigenvalue weighted by atomic mass is 79.9. The molecule has 0 saturated carbocycles. The summed E-state index contributed by atoms with van der Waals surface area (Å²) in [5.41, 5.74) is 1.86. The van der Waals surface area contributed by atoms with Gasteiger partial charge >= 0.3 is 0 Å². The van der Waals surface area contributed by atoms with Crippen LogP contribution in [0.4, 0.5) is 4.39 Å². The molecule has 0 spiro atoms. The lowest BCUT2D eigenvalue weighted by Crippen LogP contribution is -2.22. The van der Waals surface area contributed by atoms with Gasteiger partial charge in [0, 0.05) is 10.6 Å². The van der Waals surface area contributed by atoms with Gasteiger partial charge < -0.3 is 0 Å². The highest BCUT2D eigenvalue weighted by molar-refractivity contribution is 9.10. The zero-order chi connectivity index (χ0) is 21.5. The van der Waals surface area contributed by atoms with Crippen LogP contribution in [0.15, 0.2) is 88.3 Å². The summed E-state index contributed by atoms with van der Waals surface area (Å²) in [5.74, 6) is -0.157. The van der Waals surface area contributed by atoms with E-state index in [4.69, 9.17) is 16.6 Å². The molecule has 0 fully saturated rings. The van der Waals surface area contributed by atoms with Crippen molar-refractivity contribution in [3.8, 4) is 22.8 Å². The minimum absolute atomic E-state index is 0.295. The predicted octanol–water partition coefficient (Wildman–Crippen LogP) is 5.79. The minimum Gasteiger partial charge on any atom is -0.268 e. The lowest BCUT2D eigenvalue weighted by atomic mass is 10.2. The number of aromatic nitrogens is 4. The van der Waals surface area contributed by atoms with Gasteiger partial charge in [-0.1, -0.05) is 29.8 Å². The van der Waals surface area contributed by atoms with E-state index in [9.17, 15) is 9.18 Å². The summed E-state index contributed by atoms with van der Waals surface area (Å²) in [4.78, 5) is 18.3. The van der Waals surface area contributed by atoms with Crippen LogP contribution in [0.1, 0.15) is 0 Å². The fourth-order valence-electron chi connectivity index (χ4n) is 3.38.